The van der Waals surface area contributed by atoms with Crippen LogP contribution in [0.1, 0.15) is 186 Å². The molecule has 38 heteroatoms. The molecule has 0 radical (unpaired) electrons. The zero-order chi connectivity index (χ0) is 80.0. The van der Waals surface area contributed by atoms with Crippen LogP contribution >= 0.6 is 32.9 Å². The van der Waals surface area contributed by atoms with Gasteiger partial charge in [0.05, 0.1) is 12.5 Å². The summed E-state index contributed by atoms with van der Waals surface area (Å²) in [4.78, 5) is 188. The number of unbranched alkanes of at least 4 members (excludes halogenated alkanes) is 1. The number of carbonyl (C=O) groups excluding carboxylic acids is 10. The number of likely N-dealkylation sites (N-methyl/N-ethyl adjacent to an activating group) is 1. The molecule has 1 fully saturated rings. The van der Waals surface area contributed by atoms with Crippen molar-refractivity contribution in [2.45, 2.75) is 226 Å². The number of aliphatic hydroxyl groups excluding tert-OH is 1. The van der Waals surface area contributed by atoms with E-state index in [1.54, 1.807) is 39.8 Å². The molecule has 0 bridgehead atoms. The highest BCUT2D eigenvalue weighted by atomic mass is 33.1. The lowest BCUT2D eigenvalue weighted by Crippen LogP contribution is -2.59. The van der Waals surface area contributed by atoms with Gasteiger partial charge in [-0.2, -0.15) is 0 Å². The van der Waals surface area contributed by atoms with Crippen LogP contribution < -0.4 is 53.4 Å². The molecule has 1 aromatic carbocycles. The first-order valence-electron chi connectivity index (χ1n) is 35.9. The van der Waals surface area contributed by atoms with Crippen LogP contribution in [-0.2, 0) is 63.8 Å². The van der Waals surface area contributed by atoms with Crippen LogP contribution in [0.3, 0.4) is 0 Å². The monoisotopic (exact) mass is 1570 g/mol. The van der Waals surface area contributed by atoms with Crippen LogP contribution in [0.4, 0.5) is 14.4 Å². The number of esters is 1. The lowest BCUT2D eigenvalue weighted by Gasteiger charge is -2.39. The lowest BCUT2D eigenvalue weighted by molar-refractivity contribution is -0.159. The van der Waals surface area contributed by atoms with E-state index < -0.39 is 176 Å². The Bertz CT molecular complexity index is 3260. The first kappa shape index (κ1) is 92.5. The minimum Gasteiger partial charge on any atom is -0.508 e. The average Bonchev–Trinajstić information content (AvgIpc) is 1.59. The largest absolute Gasteiger partial charge is 0.508 e. The van der Waals surface area contributed by atoms with Crippen LogP contribution in [0.5, 0.6) is 5.75 Å². The number of nitrogens with one attached hydrogen (secondary N) is 10. The average molecular weight is 1570 g/mol. The summed E-state index contributed by atoms with van der Waals surface area (Å²) >= 11 is 1.02. The molecule has 2 aromatic rings. The highest BCUT2D eigenvalue weighted by molar-refractivity contribution is 8.76. The number of carbonyl (C=O) groups is 14. The summed E-state index contributed by atoms with van der Waals surface area (Å²) in [5.41, 5.74) is 5.22. The van der Waals surface area contributed by atoms with E-state index in [1.807, 2.05) is 51.9 Å². The standard InChI is InChI=1S/C69H109N13O22S3/c1-11-18-55(89)104-37-82(64(95)57(40(7)13-3)78-61(93)50-20-15-17-28-81(50)10)51(38(4)5)34-52(84)63-73-49(36-105-63)60(92)72-44(32-43-21-23-45(83)24-22-43)31-41(8)58(90)79-80-69(102)103-29-30-106-107-35-42(9)71-62(94)56(39(6)12-2)77-59(91)48(33-54(87)88)76-67(100)70-27-16-14-19-46(65(96)97)74-68(101)75-47(66(98)99)25-26-53(85)86/h21-24,36,38-42,44,46-48,50-52,56-57,83-84H,11-20,25-35,37H2,1-10H3,(H,71,94)(H,72,92)(H,77,91)(H,78,93)(H,79,90)(H,80,102)(H,85,86)(H,87,88)(H,96,97)(H,98,99)(H2,70,76,100)(H2,74,75,101)/t39?,40?,41-,42+,44+,46-,47-,48-,50+,51+,52+,56-,57-/m0/s1. The third kappa shape index (κ3) is 34.4. The summed E-state index contributed by atoms with van der Waals surface area (Å²) in [6, 6.07) is -5.11. The van der Waals surface area contributed by atoms with E-state index >= 15 is 0 Å². The van der Waals surface area contributed by atoms with Gasteiger partial charge in [0.1, 0.15) is 59.4 Å². The highest BCUT2D eigenvalue weighted by Crippen LogP contribution is 2.30. The van der Waals surface area contributed by atoms with Crippen molar-refractivity contribution in [1.29, 1.82) is 0 Å². The van der Waals surface area contributed by atoms with E-state index in [9.17, 15) is 92.7 Å². The van der Waals surface area contributed by atoms with Gasteiger partial charge in [0.2, 0.25) is 29.5 Å². The van der Waals surface area contributed by atoms with Crippen molar-refractivity contribution >= 4 is 116 Å². The lowest BCUT2D eigenvalue weighted by atomic mass is 9.92. The molecule has 600 valence electrons. The number of amides is 11. The van der Waals surface area contributed by atoms with Crippen LogP contribution in [0.25, 0.3) is 0 Å². The molecule has 107 heavy (non-hydrogen) atoms. The number of thiazole rings is 1. The van der Waals surface area contributed by atoms with Crippen molar-refractivity contribution in [2.75, 3.05) is 45.0 Å². The number of phenolic OH excluding ortho intramolecular Hbond substituents is 1. The number of hydrogen-bond donors (Lipinski definition) is 16. The van der Waals surface area contributed by atoms with Crippen LogP contribution in [-0.4, -0.2) is 228 Å². The summed E-state index contributed by atoms with van der Waals surface area (Å²) in [5, 5.41) is 80.9. The number of benzene rings is 1. The number of hydrazine groups is 1. The Morgan fingerprint density at radius 1 is 0.692 bits per heavy atom. The van der Waals surface area contributed by atoms with E-state index in [-0.39, 0.29) is 98.0 Å². The van der Waals surface area contributed by atoms with Gasteiger partial charge in [-0.05, 0) is 114 Å². The van der Waals surface area contributed by atoms with Crippen molar-refractivity contribution in [2.24, 2.45) is 23.7 Å². The van der Waals surface area contributed by atoms with E-state index in [0.717, 1.165) is 30.7 Å². The van der Waals surface area contributed by atoms with Gasteiger partial charge in [0.25, 0.3) is 5.91 Å². The number of carboxylic acid groups (broad SMARTS) is 4. The van der Waals surface area contributed by atoms with Crippen LogP contribution in [0.2, 0.25) is 0 Å². The van der Waals surface area contributed by atoms with Crippen LogP contribution in [0, 0.1) is 23.7 Å². The Morgan fingerprint density at radius 3 is 1.94 bits per heavy atom. The fraction of sp³-hybridized carbons (Fsp3) is 0.667. The number of likely N-dealkylation sites (tertiary alicyclic amines) is 1. The number of aliphatic hydroxyl groups is 1. The summed E-state index contributed by atoms with van der Waals surface area (Å²) in [6.45, 7) is 16.2. The predicted octanol–water partition coefficient (Wildman–Crippen LogP) is 4.37. The molecule has 13 atom stereocenters. The Balaban J connectivity index is 1.54. The molecule has 0 spiro atoms. The van der Waals surface area contributed by atoms with Gasteiger partial charge in [-0.25, -0.2) is 34.4 Å². The van der Waals surface area contributed by atoms with E-state index in [1.165, 1.54) is 44.0 Å². The van der Waals surface area contributed by atoms with Crippen molar-refractivity contribution in [3.05, 3.63) is 45.9 Å². The Hall–Kier alpha value is -8.75. The molecule has 2 heterocycles. The Kier molecular flexibility index (Phi) is 41.9. The second kappa shape index (κ2) is 48.5. The molecule has 2 unspecified atom stereocenters. The van der Waals surface area contributed by atoms with E-state index in [0.29, 0.717) is 37.0 Å². The van der Waals surface area contributed by atoms with Gasteiger partial charge in [-0.3, -0.25) is 53.5 Å². The third-order valence-electron chi connectivity index (χ3n) is 17.8. The van der Waals surface area contributed by atoms with Gasteiger partial charge in [-0.1, -0.05) is 108 Å². The van der Waals surface area contributed by atoms with Gasteiger partial charge < -0.3 is 87.5 Å². The third-order valence-corrected chi connectivity index (χ3v) is 21.3. The number of aromatic nitrogens is 1. The maximum Gasteiger partial charge on any atom is 0.426 e. The van der Waals surface area contributed by atoms with Gasteiger partial charge in [-0.15, -0.1) is 11.3 Å². The van der Waals surface area contributed by atoms with E-state index in [4.69, 9.17) is 14.6 Å². The summed E-state index contributed by atoms with van der Waals surface area (Å²) in [6.07, 6.45) is 0.0673. The number of phenols is 1. The molecule has 0 saturated carbocycles. The SMILES string of the molecule is CCCC(=O)OCN(C(=O)[C@@H](NC(=O)[C@H]1CCCCN1C)C(C)CC)[C@H](C[C@@H](O)c1nc(C(=O)N[C@@H](Cc2ccc(O)cc2)C[C@H](C)C(=O)NNC(=O)OCCSSC[C@@H](C)NC(=O)[C@@H](NC(=O)[C@H](CC(=O)O)NC(=O)NCCCC[C@H](NC(=O)N[C@@H](CCC(=O)O)C(=O)O)C(=O)O)C(C)CC)cs1)C(C)C. The molecule has 0 aliphatic carbocycles. The smallest absolute Gasteiger partial charge is 0.426 e. The van der Waals surface area contributed by atoms with Crippen molar-refractivity contribution in [3.8, 4) is 5.75 Å². The highest BCUT2D eigenvalue weighted by Gasteiger charge is 2.40. The molecule has 1 aromatic heterocycles. The topological polar surface area (TPSA) is 518 Å². The second-order valence-corrected chi connectivity index (χ2v) is 30.4. The quantitative estimate of drug-likeness (QED) is 0.0144. The predicted molar refractivity (Wildman–Crippen MR) is 396 cm³/mol. The molecular weight excluding hydrogens is 1460 g/mol. The van der Waals surface area contributed by atoms with Gasteiger partial charge >= 0.3 is 48.0 Å². The summed E-state index contributed by atoms with van der Waals surface area (Å²) in [7, 11) is 4.50. The number of rotatable bonds is 48. The number of hydrogen-bond acceptors (Lipinski definition) is 23. The number of aromatic hydroxyl groups is 1. The minimum atomic E-state index is -1.65. The first-order chi connectivity index (χ1) is 50.6. The fourth-order valence-electron chi connectivity index (χ4n) is 11.2. The molecule has 1 aliphatic heterocycles. The number of ether oxygens (including phenoxy) is 2. The number of aliphatic carboxylic acids is 4. The van der Waals surface area contributed by atoms with Gasteiger partial charge in [0.15, 0.2) is 6.73 Å². The fourth-order valence-corrected chi connectivity index (χ4v) is 14.1. The zero-order valence-corrected chi connectivity index (χ0v) is 64.8. The molecule has 11 amide bonds. The molecule has 1 aliphatic rings. The maximum atomic E-state index is 14.8. The molecule has 35 nitrogen and oxygen atoms in total. The summed E-state index contributed by atoms with van der Waals surface area (Å²) in [5.74, 6) is -11.1. The maximum absolute atomic E-state index is 14.8. The Labute approximate surface area is 634 Å². The molecule has 1 saturated heterocycles. The zero-order valence-electron chi connectivity index (χ0n) is 62.3. The second-order valence-electron chi connectivity index (χ2n) is 26.9. The molecule has 16 N–H and O–H groups in total. The van der Waals surface area contributed by atoms with Crippen LogP contribution in [0.15, 0.2) is 29.6 Å². The number of piperidine rings is 1. The minimum absolute atomic E-state index is 0.00849. The molecule has 3 rings (SSSR count). The Morgan fingerprint density at radius 2 is 1.34 bits per heavy atom. The van der Waals surface area contributed by atoms with Crippen molar-refractivity contribution < 1.29 is 107 Å². The normalized spacial score (nSPS) is 16.2. The molecular formula is C69H109N13O22S3. The number of urea groups is 2. The van der Waals surface area contributed by atoms with Gasteiger partial charge in [0, 0.05) is 66.7 Å². The van der Waals surface area contributed by atoms with Crippen molar-refractivity contribution in [3.63, 3.8) is 0 Å². The number of nitrogens with zero attached hydrogens (tertiary/aromatic N) is 3. The van der Waals surface area contributed by atoms with Crippen molar-refractivity contribution in [1.82, 2.24) is 68.2 Å². The first-order valence-corrected chi connectivity index (χ1v) is 39.2. The van der Waals surface area contributed by atoms with E-state index in [2.05, 4.69) is 53.1 Å². The number of carboxylic acids is 4. The summed E-state index contributed by atoms with van der Waals surface area (Å²) < 4.78 is 10.9.